The summed E-state index contributed by atoms with van der Waals surface area (Å²) in [5, 5.41) is 20.2. The molecular weight excluding hydrogens is 444 g/mol. The van der Waals surface area contributed by atoms with Crippen molar-refractivity contribution in [3.63, 3.8) is 0 Å². The van der Waals surface area contributed by atoms with Gasteiger partial charge in [0.15, 0.2) is 6.10 Å². The molecule has 2 aromatic carbocycles. The van der Waals surface area contributed by atoms with E-state index >= 15 is 0 Å². The maximum absolute atomic E-state index is 13.2. The van der Waals surface area contributed by atoms with Gasteiger partial charge in [0.25, 0.3) is 0 Å². The molecule has 0 saturated carbocycles. The Balaban J connectivity index is 1.85. The number of carbonyl (C=O) groups excluding carboxylic acids is 1. The van der Waals surface area contributed by atoms with Crippen LogP contribution in [0.5, 0.6) is 0 Å². The summed E-state index contributed by atoms with van der Waals surface area (Å²) in [6.07, 6.45) is -1.02. The van der Waals surface area contributed by atoms with Gasteiger partial charge in [0.1, 0.15) is 0 Å². The largest absolute Gasteiger partial charge is 0.479 e. The first-order valence-corrected chi connectivity index (χ1v) is 12.2. The summed E-state index contributed by atoms with van der Waals surface area (Å²) in [6, 6.07) is 8.00. The molecule has 188 valence electrons. The van der Waals surface area contributed by atoms with Gasteiger partial charge in [0, 0.05) is 31.7 Å². The number of urea groups is 1. The van der Waals surface area contributed by atoms with E-state index in [2.05, 4.69) is 0 Å². The van der Waals surface area contributed by atoms with E-state index in [1.807, 2.05) is 65.8 Å². The average Bonchev–Trinajstić information content (AvgIpc) is 3.41. The van der Waals surface area contributed by atoms with E-state index < -0.39 is 23.8 Å². The number of rotatable bonds is 4. The van der Waals surface area contributed by atoms with Crippen LogP contribution in [0.4, 0.5) is 4.79 Å². The van der Waals surface area contributed by atoms with E-state index in [0.717, 1.165) is 38.9 Å². The molecule has 7 nitrogen and oxygen atoms in total. The van der Waals surface area contributed by atoms with E-state index in [9.17, 15) is 19.8 Å². The second-order valence-corrected chi connectivity index (χ2v) is 10.8. The number of hydrogen-bond acceptors (Lipinski definition) is 4. The van der Waals surface area contributed by atoms with Crippen molar-refractivity contribution in [3.05, 3.63) is 57.6 Å². The fourth-order valence-corrected chi connectivity index (χ4v) is 5.28. The van der Waals surface area contributed by atoms with Crippen LogP contribution in [0, 0.1) is 20.8 Å². The van der Waals surface area contributed by atoms with E-state index in [1.54, 1.807) is 9.80 Å². The van der Waals surface area contributed by atoms with E-state index in [-0.39, 0.29) is 6.03 Å². The molecule has 7 heteroatoms. The summed E-state index contributed by atoms with van der Waals surface area (Å²) in [4.78, 5) is 29.2. The first-order valence-electron chi connectivity index (χ1n) is 12.2. The first-order chi connectivity index (χ1) is 16.4. The minimum absolute atomic E-state index is 0.0873. The van der Waals surface area contributed by atoms with Crippen LogP contribution >= 0.6 is 0 Å². The van der Waals surface area contributed by atoms with Crippen molar-refractivity contribution in [2.45, 2.75) is 78.9 Å². The molecule has 1 saturated heterocycles. The van der Waals surface area contributed by atoms with Crippen molar-refractivity contribution in [2.24, 2.45) is 0 Å². The molecular formula is C28H36N2O5. The quantitative estimate of drug-likeness (QED) is 0.661. The molecule has 1 fully saturated rings. The van der Waals surface area contributed by atoms with E-state index in [4.69, 9.17) is 4.74 Å². The van der Waals surface area contributed by atoms with Gasteiger partial charge in [0.05, 0.1) is 11.7 Å². The molecule has 2 atom stereocenters. The summed E-state index contributed by atoms with van der Waals surface area (Å²) in [5.74, 6) is -1.03. The molecule has 2 amide bonds. The van der Waals surface area contributed by atoms with E-state index in [1.165, 1.54) is 0 Å². The summed E-state index contributed by atoms with van der Waals surface area (Å²) in [7, 11) is 0. The van der Waals surface area contributed by atoms with Crippen LogP contribution in [-0.2, 0) is 22.6 Å². The Morgan fingerprint density at radius 3 is 2.11 bits per heavy atom. The molecule has 0 aromatic heterocycles. The van der Waals surface area contributed by atoms with Crippen LogP contribution in [0.3, 0.4) is 0 Å². The Labute approximate surface area is 207 Å². The zero-order valence-electron chi connectivity index (χ0n) is 21.5. The highest BCUT2D eigenvalue weighted by Crippen LogP contribution is 2.43. The Hall–Kier alpha value is -2.90. The number of carboxylic acids is 1. The summed E-state index contributed by atoms with van der Waals surface area (Å²) in [6.45, 7) is 13.3. The van der Waals surface area contributed by atoms with Gasteiger partial charge in [-0.15, -0.1) is 0 Å². The lowest BCUT2D eigenvalue weighted by molar-refractivity contribution is -0.160. The topological polar surface area (TPSA) is 90.3 Å². The number of amides is 2. The van der Waals surface area contributed by atoms with Crippen LogP contribution in [-0.4, -0.2) is 56.8 Å². The van der Waals surface area contributed by atoms with Gasteiger partial charge in [-0.1, -0.05) is 29.8 Å². The Morgan fingerprint density at radius 1 is 1.00 bits per heavy atom. The number of nitrogens with zero attached hydrogens (tertiary/aromatic N) is 2. The highest BCUT2D eigenvalue weighted by atomic mass is 16.5. The molecule has 2 aromatic rings. The maximum Gasteiger partial charge on any atom is 0.337 e. The number of aliphatic carboxylic acids is 1. The van der Waals surface area contributed by atoms with Crippen LogP contribution in [0.2, 0.25) is 0 Å². The molecule has 2 heterocycles. The molecule has 2 aliphatic rings. The Morgan fingerprint density at radius 2 is 1.60 bits per heavy atom. The maximum atomic E-state index is 13.2. The number of aryl methyl sites for hydroxylation is 1. The van der Waals surface area contributed by atoms with Crippen molar-refractivity contribution in [1.82, 2.24) is 9.80 Å². The lowest BCUT2D eigenvalue weighted by atomic mass is 9.83. The number of aliphatic hydroxyl groups excluding tert-OH is 1. The number of β-amino-alcohol motifs (C(OH)–C–C–N with tert-alkyl or cyclic N) is 1. The second-order valence-electron chi connectivity index (χ2n) is 10.8. The van der Waals surface area contributed by atoms with Gasteiger partial charge in [-0.25, -0.2) is 9.59 Å². The minimum atomic E-state index is -1.14. The fourth-order valence-electron chi connectivity index (χ4n) is 5.28. The third-order valence-electron chi connectivity index (χ3n) is 7.02. The highest BCUT2D eigenvalue weighted by Gasteiger charge is 2.38. The fraction of sp³-hybridized carbons (Fsp3) is 0.500. The number of carboxylic acid groups (broad SMARTS) is 1. The van der Waals surface area contributed by atoms with Crippen molar-refractivity contribution in [2.75, 3.05) is 13.1 Å². The number of ether oxygens (including phenoxy) is 1. The number of aliphatic hydroxyl groups is 1. The molecule has 2 N–H and O–H groups in total. The molecule has 35 heavy (non-hydrogen) atoms. The van der Waals surface area contributed by atoms with Crippen molar-refractivity contribution >= 4 is 12.0 Å². The van der Waals surface area contributed by atoms with Crippen LogP contribution in [0.1, 0.15) is 66.7 Å². The van der Waals surface area contributed by atoms with Crippen molar-refractivity contribution in [3.8, 4) is 11.1 Å². The summed E-state index contributed by atoms with van der Waals surface area (Å²) < 4.78 is 6.12. The third kappa shape index (κ3) is 4.93. The normalized spacial score (nSPS) is 18.7. The van der Waals surface area contributed by atoms with E-state index in [0.29, 0.717) is 38.2 Å². The standard InChI is InChI=1S/C28H36N2O5/c1-16-7-9-19(10-8-16)23-17(2)21-14-30(27(34)29-12-11-20(31)13-29)15-22(21)18(3)24(23)25(26(32)33)35-28(4,5)6/h7-10,20,25,31H,11-15H2,1-6H3,(H,32,33)/t20-,25?/m0/s1. The zero-order valence-corrected chi connectivity index (χ0v) is 21.5. The predicted octanol–water partition coefficient (Wildman–Crippen LogP) is 4.72. The number of fused-ring (bicyclic) bond motifs is 1. The van der Waals surface area contributed by atoms with Gasteiger partial charge < -0.3 is 24.7 Å². The lowest BCUT2D eigenvalue weighted by Gasteiger charge is -2.29. The molecule has 0 bridgehead atoms. The Kier molecular flexibility index (Phi) is 6.68. The minimum Gasteiger partial charge on any atom is -0.479 e. The summed E-state index contributed by atoms with van der Waals surface area (Å²) >= 11 is 0. The van der Waals surface area contributed by atoms with Crippen LogP contribution in [0.15, 0.2) is 24.3 Å². The first kappa shape index (κ1) is 25.2. The molecule has 0 radical (unpaired) electrons. The SMILES string of the molecule is Cc1ccc(-c2c(C)c3c(c(C)c2C(OC(C)(C)C)C(=O)O)CN(C(=O)N2CC[C@H](O)C2)C3)cc1. The third-order valence-corrected chi connectivity index (χ3v) is 7.02. The molecule has 4 rings (SSSR count). The molecule has 1 unspecified atom stereocenters. The smallest absolute Gasteiger partial charge is 0.337 e. The highest BCUT2D eigenvalue weighted by molar-refractivity contribution is 5.85. The lowest BCUT2D eigenvalue weighted by Crippen LogP contribution is -2.39. The average molecular weight is 481 g/mol. The van der Waals surface area contributed by atoms with Crippen LogP contribution < -0.4 is 0 Å². The predicted molar refractivity (Wildman–Crippen MR) is 134 cm³/mol. The monoisotopic (exact) mass is 480 g/mol. The van der Waals surface area contributed by atoms with Crippen LogP contribution in [0.25, 0.3) is 11.1 Å². The molecule has 2 aliphatic heterocycles. The van der Waals surface area contributed by atoms with Gasteiger partial charge in [-0.3, -0.25) is 0 Å². The zero-order chi connectivity index (χ0) is 25.7. The van der Waals surface area contributed by atoms with Gasteiger partial charge in [0.2, 0.25) is 0 Å². The Bertz CT molecular complexity index is 1150. The molecule has 0 aliphatic carbocycles. The number of carbonyl (C=O) groups is 2. The van der Waals surface area contributed by atoms with Gasteiger partial charge in [-0.2, -0.15) is 0 Å². The number of hydrogen-bond donors (Lipinski definition) is 2. The summed E-state index contributed by atoms with van der Waals surface area (Å²) in [5.41, 5.74) is 6.80. The second kappa shape index (κ2) is 9.28. The van der Waals surface area contributed by atoms with Crippen molar-refractivity contribution < 1.29 is 24.5 Å². The van der Waals surface area contributed by atoms with Gasteiger partial charge in [-0.05, 0) is 81.3 Å². The molecule has 0 spiro atoms. The van der Waals surface area contributed by atoms with Gasteiger partial charge >= 0.3 is 12.0 Å². The van der Waals surface area contributed by atoms with Crippen molar-refractivity contribution in [1.29, 1.82) is 0 Å². The number of likely N-dealkylation sites (tertiary alicyclic amines) is 1. The number of benzene rings is 2.